The normalized spacial score (nSPS) is 22.8. The molecule has 3 rings (SSSR count). The van der Waals surface area contributed by atoms with Crippen molar-refractivity contribution in [1.29, 1.82) is 0 Å². The minimum Gasteiger partial charge on any atom is -0.357 e. The number of aromatic nitrogens is 3. The molecule has 0 radical (unpaired) electrons. The summed E-state index contributed by atoms with van der Waals surface area (Å²) in [6.45, 7) is 4.56. The zero-order chi connectivity index (χ0) is 14.8. The summed E-state index contributed by atoms with van der Waals surface area (Å²) in [5.41, 5.74) is 0. The second kappa shape index (κ2) is 6.01. The van der Waals surface area contributed by atoms with E-state index in [0.29, 0.717) is 17.9 Å². The predicted molar refractivity (Wildman–Crippen MR) is 85.1 cm³/mol. The second-order valence-corrected chi connectivity index (χ2v) is 6.04. The Morgan fingerprint density at radius 3 is 2.52 bits per heavy atom. The highest BCUT2D eigenvalue weighted by Gasteiger charge is 2.30. The molecule has 7 nitrogen and oxygen atoms in total. The molecular weight excluding hydrogens is 266 g/mol. The summed E-state index contributed by atoms with van der Waals surface area (Å²) in [7, 11) is 5.75. The molecule has 1 aromatic heterocycles. The van der Waals surface area contributed by atoms with Crippen molar-refractivity contribution in [3.63, 3.8) is 0 Å². The number of anilines is 3. The molecule has 3 heterocycles. The van der Waals surface area contributed by atoms with Crippen molar-refractivity contribution in [1.82, 2.24) is 19.9 Å². The van der Waals surface area contributed by atoms with Crippen LogP contribution >= 0.6 is 0 Å². The molecule has 1 N–H and O–H groups in total. The van der Waals surface area contributed by atoms with Gasteiger partial charge in [-0.25, -0.2) is 0 Å². The highest BCUT2D eigenvalue weighted by atomic mass is 15.4. The van der Waals surface area contributed by atoms with Crippen LogP contribution < -0.4 is 15.1 Å². The summed E-state index contributed by atoms with van der Waals surface area (Å²) in [5, 5.41) is 3.03. The highest BCUT2D eigenvalue weighted by molar-refractivity contribution is 5.45. The van der Waals surface area contributed by atoms with Crippen LogP contribution in [0.2, 0.25) is 0 Å². The zero-order valence-corrected chi connectivity index (χ0v) is 13.2. The Labute approximate surface area is 126 Å². The molecule has 21 heavy (non-hydrogen) atoms. The maximum Gasteiger partial charge on any atom is 0.232 e. The third-order valence-electron chi connectivity index (χ3n) is 4.34. The van der Waals surface area contributed by atoms with Crippen LogP contribution in [-0.2, 0) is 0 Å². The summed E-state index contributed by atoms with van der Waals surface area (Å²) in [6, 6.07) is 0.658. The largest absolute Gasteiger partial charge is 0.357 e. The lowest BCUT2D eigenvalue weighted by molar-refractivity contribution is 0.260. The number of hydrogen-bond acceptors (Lipinski definition) is 7. The molecule has 0 aromatic carbocycles. The van der Waals surface area contributed by atoms with Crippen molar-refractivity contribution < 1.29 is 0 Å². The van der Waals surface area contributed by atoms with E-state index >= 15 is 0 Å². The van der Waals surface area contributed by atoms with E-state index in [-0.39, 0.29) is 0 Å². The van der Waals surface area contributed by atoms with Gasteiger partial charge in [-0.3, -0.25) is 4.90 Å². The maximum absolute atomic E-state index is 4.60. The topological polar surface area (TPSA) is 60.4 Å². The van der Waals surface area contributed by atoms with Crippen molar-refractivity contribution in [2.24, 2.45) is 0 Å². The predicted octanol–water partition coefficient (Wildman–Crippen LogP) is 0.654. The number of rotatable bonds is 4. The van der Waals surface area contributed by atoms with Gasteiger partial charge in [0.2, 0.25) is 17.8 Å². The molecule has 2 saturated heterocycles. The molecule has 1 atom stereocenters. The van der Waals surface area contributed by atoms with Crippen molar-refractivity contribution >= 4 is 17.8 Å². The van der Waals surface area contributed by atoms with Gasteiger partial charge in [0.05, 0.1) is 0 Å². The van der Waals surface area contributed by atoms with Gasteiger partial charge in [-0.15, -0.1) is 0 Å². The minimum absolute atomic E-state index is 0.633. The number of nitrogens with zero attached hydrogens (tertiary/aromatic N) is 6. The fraction of sp³-hybridized carbons (Fsp3) is 0.786. The Hall–Kier alpha value is -1.63. The molecule has 0 bridgehead atoms. The minimum atomic E-state index is 0.633. The van der Waals surface area contributed by atoms with Gasteiger partial charge in [-0.1, -0.05) is 0 Å². The van der Waals surface area contributed by atoms with Crippen LogP contribution in [0.3, 0.4) is 0 Å². The van der Waals surface area contributed by atoms with Gasteiger partial charge in [0.1, 0.15) is 0 Å². The van der Waals surface area contributed by atoms with Crippen molar-refractivity contribution in [2.45, 2.75) is 25.3 Å². The van der Waals surface area contributed by atoms with Gasteiger partial charge < -0.3 is 15.1 Å². The van der Waals surface area contributed by atoms with E-state index in [1.54, 1.807) is 0 Å². The quantitative estimate of drug-likeness (QED) is 0.874. The summed E-state index contributed by atoms with van der Waals surface area (Å²) in [6.07, 6.45) is 3.89. The van der Waals surface area contributed by atoms with Crippen LogP contribution in [0.5, 0.6) is 0 Å². The first-order valence-corrected chi connectivity index (χ1v) is 7.77. The maximum atomic E-state index is 4.60. The molecule has 0 aliphatic carbocycles. The third-order valence-corrected chi connectivity index (χ3v) is 4.34. The van der Waals surface area contributed by atoms with Gasteiger partial charge in [0, 0.05) is 40.3 Å². The Morgan fingerprint density at radius 1 is 1.10 bits per heavy atom. The second-order valence-electron chi connectivity index (χ2n) is 6.04. The Kier molecular flexibility index (Phi) is 4.10. The van der Waals surface area contributed by atoms with E-state index in [0.717, 1.165) is 19.0 Å². The van der Waals surface area contributed by atoms with Crippen LogP contribution in [0.25, 0.3) is 0 Å². The number of nitrogens with one attached hydrogen (secondary N) is 1. The van der Waals surface area contributed by atoms with Crippen LogP contribution in [0.15, 0.2) is 0 Å². The number of likely N-dealkylation sites (tertiary alicyclic amines) is 1. The molecule has 0 spiro atoms. The van der Waals surface area contributed by atoms with Gasteiger partial charge in [-0.2, -0.15) is 15.0 Å². The lowest BCUT2D eigenvalue weighted by Gasteiger charge is -2.24. The first kappa shape index (κ1) is 14.3. The van der Waals surface area contributed by atoms with Gasteiger partial charge in [0.15, 0.2) is 0 Å². The Morgan fingerprint density at radius 2 is 1.86 bits per heavy atom. The molecular formula is C14H25N7. The van der Waals surface area contributed by atoms with Crippen molar-refractivity contribution in [2.75, 3.05) is 62.4 Å². The average molecular weight is 291 g/mol. The van der Waals surface area contributed by atoms with E-state index in [1.807, 2.05) is 26.0 Å². The van der Waals surface area contributed by atoms with E-state index in [4.69, 9.17) is 0 Å². The van der Waals surface area contributed by atoms with Gasteiger partial charge >= 0.3 is 0 Å². The first-order valence-electron chi connectivity index (χ1n) is 7.77. The molecule has 2 aliphatic heterocycles. The summed E-state index contributed by atoms with van der Waals surface area (Å²) < 4.78 is 0. The number of hydrogen-bond donors (Lipinski definition) is 1. The van der Waals surface area contributed by atoms with Crippen molar-refractivity contribution in [3.8, 4) is 0 Å². The van der Waals surface area contributed by atoms with Crippen LogP contribution in [-0.4, -0.2) is 73.2 Å². The first-order chi connectivity index (χ1) is 10.2. The molecule has 1 aromatic rings. The summed E-state index contributed by atoms with van der Waals surface area (Å²) >= 11 is 0. The molecule has 2 fully saturated rings. The Balaban J connectivity index is 1.75. The van der Waals surface area contributed by atoms with Crippen LogP contribution in [0.4, 0.5) is 17.8 Å². The zero-order valence-electron chi connectivity index (χ0n) is 13.2. The standard InChI is InChI=1S/C14H25N7/c1-15-12-16-13(19(2)3)18-14(17-12)21-9-6-11(10-21)20-7-4-5-8-20/h11H,4-10H2,1-3H3,(H,15,16,17,18). The fourth-order valence-electron chi connectivity index (χ4n) is 3.14. The smallest absolute Gasteiger partial charge is 0.232 e. The SMILES string of the molecule is CNc1nc(N(C)C)nc(N2CCC(N3CCCC3)C2)n1. The summed E-state index contributed by atoms with van der Waals surface area (Å²) in [5.74, 6) is 2.13. The Bertz CT molecular complexity index is 484. The van der Waals surface area contributed by atoms with Crippen LogP contribution in [0, 0.1) is 0 Å². The third kappa shape index (κ3) is 3.02. The van der Waals surface area contributed by atoms with E-state index in [2.05, 4.69) is 30.1 Å². The van der Waals surface area contributed by atoms with Crippen LogP contribution in [0.1, 0.15) is 19.3 Å². The monoisotopic (exact) mass is 291 g/mol. The highest BCUT2D eigenvalue weighted by Crippen LogP contribution is 2.24. The summed E-state index contributed by atoms with van der Waals surface area (Å²) in [4.78, 5) is 20.3. The molecule has 1 unspecified atom stereocenters. The van der Waals surface area contributed by atoms with E-state index < -0.39 is 0 Å². The lowest BCUT2D eigenvalue weighted by atomic mass is 10.2. The lowest BCUT2D eigenvalue weighted by Crippen LogP contribution is -2.35. The van der Waals surface area contributed by atoms with Crippen molar-refractivity contribution in [3.05, 3.63) is 0 Å². The molecule has 0 amide bonds. The van der Waals surface area contributed by atoms with Gasteiger partial charge in [0.25, 0.3) is 0 Å². The van der Waals surface area contributed by atoms with E-state index in [9.17, 15) is 0 Å². The fourth-order valence-corrected chi connectivity index (χ4v) is 3.14. The average Bonchev–Trinajstić information content (AvgIpc) is 3.17. The molecule has 0 saturated carbocycles. The van der Waals surface area contributed by atoms with Gasteiger partial charge in [-0.05, 0) is 32.4 Å². The van der Waals surface area contributed by atoms with E-state index in [1.165, 1.54) is 32.4 Å². The molecule has 7 heteroatoms. The molecule has 116 valence electrons. The molecule has 2 aliphatic rings.